The van der Waals surface area contributed by atoms with Crippen LogP contribution in [-0.2, 0) is 47.5 Å². The fourth-order valence-electron chi connectivity index (χ4n) is 5.49. The van der Waals surface area contributed by atoms with Gasteiger partial charge < -0.3 is 37.9 Å². The molecular weight excluding hydrogens is 753 g/mol. The standard InChI is InChI=1S/C34H38Cl3NO12S/c1-6-51-32-28(46-20(5)40)26(24(18(3)44-32)48-30(42)22-15-11-8-12-16-22)49-31-27(45-19(4)39)25(50-33(38)34(35,36)37)23(17(2)43-31)47-29(41)21-13-9-7-10-14-21/h7-18,23-28,31-32,38H,6H2,1-5H3/t17-,18-,23-,24-,25+,26+,27+,28+,31-,32-/m0/s1. The van der Waals surface area contributed by atoms with Crippen molar-refractivity contribution in [1.29, 1.82) is 5.41 Å². The third-order valence-electron chi connectivity index (χ3n) is 7.70. The Bertz CT molecular complexity index is 1530. The molecule has 0 aliphatic carbocycles. The summed E-state index contributed by atoms with van der Waals surface area (Å²) in [4.78, 5) is 51.6. The van der Waals surface area contributed by atoms with Crippen molar-refractivity contribution in [2.75, 3.05) is 5.75 Å². The summed E-state index contributed by atoms with van der Waals surface area (Å²) in [5, 5.41) is 8.35. The number of esters is 4. The van der Waals surface area contributed by atoms with Gasteiger partial charge >= 0.3 is 23.9 Å². The third-order valence-corrected chi connectivity index (χ3v) is 9.25. The molecular formula is C34H38Cl3NO12S. The number of nitrogens with one attached hydrogen (secondary N) is 1. The van der Waals surface area contributed by atoms with E-state index in [0.717, 1.165) is 6.92 Å². The maximum absolute atomic E-state index is 13.3. The average Bonchev–Trinajstić information content (AvgIpc) is 3.07. The molecule has 13 nitrogen and oxygen atoms in total. The van der Waals surface area contributed by atoms with Crippen LogP contribution in [0, 0.1) is 5.41 Å². The minimum absolute atomic E-state index is 0.185. The summed E-state index contributed by atoms with van der Waals surface area (Å²) < 4.78 is 45.5. The fraction of sp³-hybridized carbons (Fsp3) is 0.500. The number of thioether (sulfide) groups is 1. The molecule has 51 heavy (non-hydrogen) atoms. The number of carbonyl (C=O) groups excluding carboxylic acids is 4. The Morgan fingerprint density at radius 2 is 1.16 bits per heavy atom. The average molecular weight is 791 g/mol. The molecule has 2 heterocycles. The maximum atomic E-state index is 13.3. The number of halogens is 3. The Kier molecular flexibility index (Phi) is 14.4. The van der Waals surface area contributed by atoms with Gasteiger partial charge in [-0.05, 0) is 43.9 Å². The minimum atomic E-state index is -2.37. The first-order valence-corrected chi connectivity index (χ1v) is 18.1. The van der Waals surface area contributed by atoms with Crippen LogP contribution in [0.25, 0.3) is 0 Å². The van der Waals surface area contributed by atoms with Gasteiger partial charge in [0.25, 0.3) is 3.79 Å². The van der Waals surface area contributed by atoms with E-state index in [1.165, 1.54) is 37.7 Å². The van der Waals surface area contributed by atoms with Gasteiger partial charge in [-0.2, -0.15) is 0 Å². The lowest BCUT2D eigenvalue weighted by atomic mass is 9.97. The van der Waals surface area contributed by atoms with Crippen LogP contribution in [0.2, 0.25) is 0 Å². The van der Waals surface area contributed by atoms with Gasteiger partial charge in [0.2, 0.25) is 5.90 Å². The van der Waals surface area contributed by atoms with Crippen LogP contribution >= 0.6 is 46.6 Å². The number of rotatable bonds is 11. The first-order valence-electron chi connectivity index (χ1n) is 15.9. The van der Waals surface area contributed by atoms with Crippen molar-refractivity contribution in [3.05, 3.63) is 71.8 Å². The second-order valence-corrected chi connectivity index (χ2v) is 15.2. The second kappa shape index (κ2) is 18.1. The third kappa shape index (κ3) is 10.7. The molecule has 0 spiro atoms. The Labute approximate surface area is 314 Å². The zero-order valence-corrected chi connectivity index (χ0v) is 31.3. The van der Waals surface area contributed by atoms with E-state index < -0.39 is 94.1 Å². The van der Waals surface area contributed by atoms with E-state index >= 15 is 0 Å². The van der Waals surface area contributed by atoms with E-state index in [1.54, 1.807) is 55.5 Å². The quantitative estimate of drug-likeness (QED) is 0.0975. The number of hydrogen-bond donors (Lipinski definition) is 1. The van der Waals surface area contributed by atoms with Crippen molar-refractivity contribution in [2.24, 2.45) is 0 Å². The van der Waals surface area contributed by atoms with E-state index in [9.17, 15) is 19.2 Å². The molecule has 4 rings (SSSR count). The van der Waals surface area contributed by atoms with Crippen LogP contribution in [0.3, 0.4) is 0 Å². The highest BCUT2D eigenvalue weighted by molar-refractivity contribution is 7.99. The topological polar surface area (TPSA) is 166 Å². The first-order chi connectivity index (χ1) is 24.1. The summed E-state index contributed by atoms with van der Waals surface area (Å²) in [5.74, 6) is -3.35. The highest BCUT2D eigenvalue weighted by Gasteiger charge is 2.56. The first kappa shape index (κ1) is 40.7. The van der Waals surface area contributed by atoms with Crippen molar-refractivity contribution >= 4 is 76.3 Å². The SMILES string of the molecule is CCS[C@@H]1O[C@@H](C)[C@H](OC(=O)c2ccccc2)[C@@H](O[C@@H]2O[C@@H](C)[C@H](OC(=O)c3ccccc3)[C@@H](OC(=N)C(Cl)(Cl)Cl)[C@H]2OC(C)=O)[C@H]1OC(C)=O. The van der Waals surface area contributed by atoms with E-state index in [0.29, 0.717) is 5.75 Å². The smallest absolute Gasteiger partial charge is 0.338 e. The molecule has 0 aromatic heterocycles. The van der Waals surface area contributed by atoms with Gasteiger partial charge in [-0.1, -0.05) is 78.1 Å². The molecule has 2 fully saturated rings. The van der Waals surface area contributed by atoms with E-state index in [4.69, 9.17) is 78.1 Å². The number of carbonyl (C=O) groups is 4. The summed E-state index contributed by atoms with van der Waals surface area (Å²) in [6, 6.07) is 16.2. The molecule has 10 atom stereocenters. The molecule has 2 saturated heterocycles. The number of hydrogen-bond acceptors (Lipinski definition) is 14. The summed E-state index contributed by atoms with van der Waals surface area (Å²) in [5.41, 5.74) is -0.368. The van der Waals surface area contributed by atoms with Crippen molar-refractivity contribution in [3.63, 3.8) is 0 Å². The molecule has 0 radical (unpaired) electrons. The van der Waals surface area contributed by atoms with Gasteiger partial charge in [0.05, 0.1) is 23.3 Å². The van der Waals surface area contributed by atoms with E-state index in [1.807, 2.05) is 6.92 Å². The second-order valence-electron chi connectivity index (χ2n) is 11.5. The van der Waals surface area contributed by atoms with Crippen molar-refractivity contribution in [3.8, 4) is 0 Å². The molecule has 0 unspecified atom stereocenters. The summed E-state index contributed by atoms with van der Waals surface area (Å²) in [6.45, 7) is 7.37. The normalized spacial score (nSPS) is 29.3. The molecule has 2 aromatic carbocycles. The predicted molar refractivity (Wildman–Crippen MR) is 187 cm³/mol. The number of alkyl halides is 3. The Morgan fingerprint density at radius 3 is 1.63 bits per heavy atom. The van der Waals surface area contributed by atoms with Crippen molar-refractivity contribution in [1.82, 2.24) is 0 Å². The van der Waals surface area contributed by atoms with E-state index in [-0.39, 0.29) is 11.1 Å². The molecule has 2 aromatic rings. The lowest BCUT2D eigenvalue weighted by Gasteiger charge is -2.48. The van der Waals surface area contributed by atoms with Gasteiger partial charge in [-0.25, -0.2) is 9.59 Å². The van der Waals surface area contributed by atoms with Gasteiger partial charge in [0.1, 0.15) is 11.5 Å². The predicted octanol–water partition coefficient (Wildman–Crippen LogP) is 5.66. The molecule has 0 amide bonds. The monoisotopic (exact) mass is 789 g/mol. The highest BCUT2D eigenvalue weighted by atomic mass is 35.6. The largest absolute Gasteiger partial charge is 0.466 e. The Balaban J connectivity index is 1.77. The number of benzene rings is 2. The molecule has 0 saturated carbocycles. The number of ether oxygens (including phenoxy) is 8. The summed E-state index contributed by atoms with van der Waals surface area (Å²) in [7, 11) is 0. The lowest BCUT2D eigenvalue weighted by molar-refractivity contribution is -0.330. The molecule has 2 aliphatic rings. The van der Waals surface area contributed by atoms with Crippen LogP contribution < -0.4 is 0 Å². The lowest BCUT2D eigenvalue weighted by Crippen LogP contribution is -2.65. The molecule has 17 heteroatoms. The van der Waals surface area contributed by atoms with Crippen LogP contribution in [0.4, 0.5) is 0 Å². The highest BCUT2D eigenvalue weighted by Crippen LogP contribution is 2.39. The molecule has 278 valence electrons. The zero-order chi connectivity index (χ0) is 37.5. The zero-order valence-electron chi connectivity index (χ0n) is 28.2. The van der Waals surface area contributed by atoms with Crippen molar-refractivity contribution < 1.29 is 57.1 Å². The summed E-state index contributed by atoms with van der Waals surface area (Å²) in [6.07, 6.45) is -11.6. The minimum Gasteiger partial charge on any atom is -0.466 e. The van der Waals surface area contributed by atoms with Gasteiger partial charge in [0.15, 0.2) is 36.8 Å². The van der Waals surface area contributed by atoms with Gasteiger partial charge in [-0.3, -0.25) is 15.0 Å². The van der Waals surface area contributed by atoms with Crippen molar-refractivity contribution in [2.45, 2.75) is 99.0 Å². The van der Waals surface area contributed by atoms with Gasteiger partial charge in [-0.15, -0.1) is 11.8 Å². The van der Waals surface area contributed by atoms with Crippen LogP contribution in [-0.4, -0.2) is 99.9 Å². The van der Waals surface area contributed by atoms with Crippen LogP contribution in [0.15, 0.2) is 60.7 Å². The Hall–Kier alpha value is -3.11. The van der Waals surface area contributed by atoms with Crippen LogP contribution in [0.5, 0.6) is 0 Å². The molecule has 0 bridgehead atoms. The van der Waals surface area contributed by atoms with Gasteiger partial charge in [0, 0.05) is 13.8 Å². The fourth-order valence-corrected chi connectivity index (χ4v) is 6.61. The van der Waals surface area contributed by atoms with E-state index in [2.05, 4.69) is 0 Å². The molecule has 1 N–H and O–H groups in total. The Morgan fingerprint density at radius 1 is 0.686 bits per heavy atom. The maximum Gasteiger partial charge on any atom is 0.338 e. The summed E-state index contributed by atoms with van der Waals surface area (Å²) >= 11 is 19.2. The van der Waals surface area contributed by atoms with Crippen LogP contribution in [0.1, 0.15) is 55.3 Å². The molecule has 2 aliphatic heterocycles.